The molecule has 0 atom stereocenters. The second-order valence-corrected chi connectivity index (χ2v) is 6.03. The molecular formula is C14H12N2O2S2. The fourth-order valence-electron chi connectivity index (χ4n) is 1.81. The average molecular weight is 304 g/mol. The zero-order valence-corrected chi connectivity index (χ0v) is 12.4. The molecule has 20 heavy (non-hydrogen) atoms. The minimum Gasteiger partial charge on any atom is -0.497 e. The zero-order chi connectivity index (χ0) is 13.9. The maximum atomic E-state index is 11.9. The predicted molar refractivity (Wildman–Crippen MR) is 81.9 cm³/mol. The maximum Gasteiger partial charge on any atom is 0.258 e. The van der Waals surface area contributed by atoms with E-state index < -0.39 is 0 Å². The van der Waals surface area contributed by atoms with Crippen molar-refractivity contribution in [1.82, 2.24) is 9.38 Å². The highest BCUT2D eigenvalue weighted by Gasteiger charge is 2.04. The first kappa shape index (κ1) is 13.2. The summed E-state index contributed by atoms with van der Waals surface area (Å²) >= 11 is 3.10. The fraction of sp³-hybridized carbons (Fsp3) is 0.143. The van der Waals surface area contributed by atoms with Crippen LogP contribution in [0.2, 0.25) is 0 Å². The molecule has 0 aliphatic rings. The van der Waals surface area contributed by atoms with Gasteiger partial charge in [-0.05, 0) is 18.2 Å². The molecule has 0 unspecified atom stereocenters. The molecule has 0 fully saturated rings. The summed E-state index contributed by atoms with van der Waals surface area (Å²) in [4.78, 5) is 18.2. The molecule has 6 heteroatoms. The summed E-state index contributed by atoms with van der Waals surface area (Å²) in [6.45, 7) is 0. The maximum absolute atomic E-state index is 11.9. The summed E-state index contributed by atoms with van der Waals surface area (Å²) in [5, 5.41) is 1.86. The van der Waals surface area contributed by atoms with Gasteiger partial charge in [0.1, 0.15) is 5.75 Å². The van der Waals surface area contributed by atoms with Crippen LogP contribution in [0.5, 0.6) is 5.75 Å². The van der Waals surface area contributed by atoms with Crippen molar-refractivity contribution in [3.8, 4) is 5.75 Å². The lowest BCUT2D eigenvalue weighted by atomic mass is 10.3. The molecule has 102 valence electrons. The van der Waals surface area contributed by atoms with Gasteiger partial charge in [0.25, 0.3) is 5.56 Å². The summed E-state index contributed by atoms with van der Waals surface area (Å²) in [5.74, 6) is 1.49. The molecule has 0 N–H and O–H groups in total. The second-order valence-electron chi connectivity index (χ2n) is 4.11. The standard InChI is InChI=1S/C14H12N2O2S2/c1-18-11-3-2-4-12(8-11)20-9-10-7-13(17)16-5-6-19-14(16)15-10/h2-8H,9H2,1H3. The van der Waals surface area contributed by atoms with Gasteiger partial charge in [0.2, 0.25) is 0 Å². The molecule has 0 bridgehead atoms. The molecule has 3 aromatic rings. The van der Waals surface area contributed by atoms with Gasteiger partial charge in [0, 0.05) is 28.3 Å². The van der Waals surface area contributed by atoms with E-state index in [0.717, 1.165) is 21.3 Å². The van der Waals surface area contributed by atoms with Crippen molar-refractivity contribution < 1.29 is 4.74 Å². The van der Waals surface area contributed by atoms with Gasteiger partial charge in [-0.15, -0.1) is 23.1 Å². The van der Waals surface area contributed by atoms with E-state index in [4.69, 9.17) is 4.74 Å². The number of aromatic nitrogens is 2. The van der Waals surface area contributed by atoms with E-state index in [1.807, 2.05) is 29.6 Å². The van der Waals surface area contributed by atoms with Crippen LogP contribution in [0.4, 0.5) is 0 Å². The van der Waals surface area contributed by atoms with E-state index in [1.165, 1.54) is 11.3 Å². The first-order chi connectivity index (χ1) is 9.76. The lowest BCUT2D eigenvalue weighted by Gasteiger charge is -2.04. The number of methoxy groups -OCH3 is 1. The van der Waals surface area contributed by atoms with Gasteiger partial charge in [0.05, 0.1) is 12.8 Å². The van der Waals surface area contributed by atoms with Crippen LogP contribution in [0.25, 0.3) is 4.96 Å². The molecule has 1 aromatic carbocycles. The van der Waals surface area contributed by atoms with Crippen molar-refractivity contribution >= 4 is 28.1 Å². The van der Waals surface area contributed by atoms with Gasteiger partial charge < -0.3 is 4.74 Å². The van der Waals surface area contributed by atoms with Crippen LogP contribution in [0.1, 0.15) is 5.69 Å². The van der Waals surface area contributed by atoms with Crippen LogP contribution in [0.15, 0.2) is 51.6 Å². The van der Waals surface area contributed by atoms with Crippen LogP contribution >= 0.6 is 23.1 Å². The van der Waals surface area contributed by atoms with E-state index in [2.05, 4.69) is 4.98 Å². The highest BCUT2D eigenvalue weighted by Crippen LogP contribution is 2.25. The Morgan fingerprint density at radius 1 is 1.40 bits per heavy atom. The summed E-state index contributed by atoms with van der Waals surface area (Å²) < 4.78 is 6.75. The smallest absolute Gasteiger partial charge is 0.258 e. The number of thiazole rings is 1. The van der Waals surface area contributed by atoms with Crippen molar-refractivity contribution in [2.75, 3.05) is 7.11 Å². The van der Waals surface area contributed by atoms with Crippen molar-refractivity contribution in [2.45, 2.75) is 10.6 Å². The summed E-state index contributed by atoms with van der Waals surface area (Å²) in [5.41, 5.74) is 0.766. The number of hydrogen-bond donors (Lipinski definition) is 0. The third-order valence-corrected chi connectivity index (χ3v) is 4.57. The lowest BCUT2D eigenvalue weighted by molar-refractivity contribution is 0.413. The minimum absolute atomic E-state index is 0.0301. The van der Waals surface area contributed by atoms with Crippen molar-refractivity contribution in [2.24, 2.45) is 0 Å². The molecule has 3 rings (SSSR count). The lowest BCUT2D eigenvalue weighted by Crippen LogP contribution is -2.12. The molecule has 0 aliphatic carbocycles. The number of hydrogen-bond acceptors (Lipinski definition) is 5. The Morgan fingerprint density at radius 3 is 3.15 bits per heavy atom. The highest BCUT2D eigenvalue weighted by atomic mass is 32.2. The first-order valence-corrected chi connectivity index (χ1v) is 7.85. The Balaban J connectivity index is 1.80. The molecule has 0 aliphatic heterocycles. The highest BCUT2D eigenvalue weighted by molar-refractivity contribution is 7.98. The summed E-state index contributed by atoms with van der Waals surface area (Å²) in [6, 6.07) is 9.44. The van der Waals surface area contributed by atoms with Crippen LogP contribution in [-0.2, 0) is 5.75 Å². The molecule has 0 amide bonds. The molecule has 0 saturated carbocycles. The number of ether oxygens (including phenoxy) is 1. The SMILES string of the molecule is COc1cccc(SCc2cc(=O)n3ccsc3n2)c1. The normalized spacial score (nSPS) is 10.8. The zero-order valence-electron chi connectivity index (χ0n) is 10.8. The predicted octanol–water partition coefficient (Wildman–Crippen LogP) is 3.06. The van der Waals surface area contributed by atoms with E-state index in [-0.39, 0.29) is 5.56 Å². The molecule has 0 spiro atoms. The monoisotopic (exact) mass is 304 g/mol. The van der Waals surface area contributed by atoms with Crippen molar-refractivity contribution in [3.05, 3.63) is 58.0 Å². The van der Waals surface area contributed by atoms with E-state index in [0.29, 0.717) is 5.75 Å². The van der Waals surface area contributed by atoms with Crippen LogP contribution in [-0.4, -0.2) is 16.5 Å². The van der Waals surface area contributed by atoms with Crippen LogP contribution in [0, 0.1) is 0 Å². The van der Waals surface area contributed by atoms with Crippen molar-refractivity contribution in [1.29, 1.82) is 0 Å². The largest absolute Gasteiger partial charge is 0.497 e. The van der Waals surface area contributed by atoms with Gasteiger partial charge in [-0.25, -0.2) is 4.98 Å². The van der Waals surface area contributed by atoms with E-state index in [1.54, 1.807) is 35.5 Å². The quantitative estimate of drug-likeness (QED) is 0.695. The Hall–Kier alpha value is -1.79. The number of fused-ring (bicyclic) bond motifs is 1. The Morgan fingerprint density at radius 2 is 2.30 bits per heavy atom. The average Bonchev–Trinajstić information content (AvgIpc) is 2.94. The molecule has 4 nitrogen and oxygen atoms in total. The minimum atomic E-state index is -0.0301. The number of benzene rings is 1. The van der Waals surface area contributed by atoms with Gasteiger partial charge in [0.15, 0.2) is 4.96 Å². The second kappa shape index (κ2) is 5.68. The van der Waals surface area contributed by atoms with Crippen molar-refractivity contribution in [3.63, 3.8) is 0 Å². The Bertz CT molecular complexity index is 795. The fourth-order valence-corrected chi connectivity index (χ4v) is 3.39. The molecule has 2 heterocycles. The number of rotatable bonds is 4. The van der Waals surface area contributed by atoms with E-state index >= 15 is 0 Å². The topological polar surface area (TPSA) is 43.6 Å². The van der Waals surface area contributed by atoms with Gasteiger partial charge >= 0.3 is 0 Å². The molecular weight excluding hydrogens is 292 g/mol. The summed E-state index contributed by atoms with van der Waals surface area (Å²) in [6.07, 6.45) is 1.74. The Labute approximate surface area is 124 Å². The third-order valence-electron chi connectivity index (χ3n) is 2.78. The molecule has 0 saturated heterocycles. The Kier molecular flexibility index (Phi) is 3.75. The number of nitrogens with zero attached hydrogens (tertiary/aromatic N) is 2. The summed E-state index contributed by atoms with van der Waals surface area (Å²) in [7, 11) is 1.65. The van der Waals surface area contributed by atoms with Gasteiger partial charge in [-0.3, -0.25) is 9.20 Å². The molecule has 2 aromatic heterocycles. The van der Waals surface area contributed by atoms with E-state index in [9.17, 15) is 4.79 Å². The van der Waals surface area contributed by atoms with Crippen LogP contribution in [0.3, 0.4) is 0 Å². The molecule has 0 radical (unpaired) electrons. The first-order valence-electron chi connectivity index (χ1n) is 5.99. The third kappa shape index (κ3) is 2.71. The van der Waals surface area contributed by atoms with Gasteiger partial charge in [-0.2, -0.15) is 0 Å². The number of thioether (sulfide) groups is 1. The van der Waals surface area contributed by atoms with Crippen LogP contribution < -0.4 is 10.3 Å². The van der Waals surface area contributed by atoms with Gasteiger partial charge in [-0.1, -0.05) is 6.07 Å².